The lowest BCUT2D eigenvalue weighted by molar-refractivity contribution is 0.0536. The average Bonchev–Trinajstić information content (AvgIpc) is 3.45. The Kier molecular flexibility index (Phi) is 10.5. The van der Waals surface area contributed by atoms with Crippen LogP contribution in [0.2, 0.25) is 5.15 Å². The number of nitrogens with two attached hydrogens (primary N) is 2. The first-order valence-electron chi connectivity index (χ1n) is 15.0. The van der Waals surface area contributed by atoms with Gasteiger partial charge < -0.3 is 46.7 Å². The van der Waals surface area contributed by atoms with E-state index in [1.807, 2.05) is 41.3 Å². The van der Waals surface area contributed by atoms with E-state index in [1.165, 1.54) is 6.08 Å². The van der Waals surface area contributed by atoms with Gasteiger partial charge in [0.05, 0.1) is 18.8 Å². The third kappa shape index (κ3) is 8.16. The molecule has 1 spiro atoms. The molecule has 14 heteroatoms. The molecule has 2 aliphatic heterocycles. The predicted octanol–water partition coefficient (Wildman–Crippen LogP) is 1.93. The van der Waals surface area contributed by atoms with E-state index in [0.717, 1.165) is 18.4 Å². The van der Waals surface area contributed by atoms with Crippen LogP contribution in [-0.4, -0.2) is 87.9 Å². The largest absolute Gasteiger partial charge is 0.494 e. The number of aliphatic hydroxyl groups is 2. The van der Waals surface area contributed by atoms with Crippen molar-refractivity contribution in [3.8, 4) is 11.5 Å². The number of ether oxygens (including phenoxy) is 2. The van der Waals surface area contributed by atoms with Gasteiger partial charge in [0.1, 0.15) is 30.0 Å². The van der Waals surface area contributed by atoms with Crippen LogP contribution in [0.15, 0.2) is 60.4 Å². The van der Waals surface area contributed by atoms with Crippen LogP contribution in [-0.2, 0) is 6.42 Å². The smallest absolute Gasteiger partial charge is 0.253 e. The molecule has 1 aromatic heterocycles. The highest BCUT2D eigenvalue weighted by atomic mass is 35.5. The summed E-state index contributed by atoms with van der Waals surface area (Å²) in [4.78, 5) is 35.6. The number of rotatable bonds is 12. The average molecular weight is 652 g/mol. The maximum atomic E-state index is 13.2. The van der Waals surface area contributed by atoms with Crippen molar-refractivity contribution in [3.63, 3.8) is 0 Å². The third-order valence-electron chi connectivity index (χ3n) is 7.99. The molecule has 0 saturated carbocycles. The van der Waals surface area contributed by atoms with Gasteiger partial charge in [-0.1, -0.05) is 23.7 Å². The molecule has 2 fully saturated rings. The molecule has 0 radical (unpaired) electrons. The zero-order valence-corrected chi connectivity index (χ0v) is 26.0. The van der Waals surface area contributed by atoms with Gasteiger partial charge in [-0.3, -0.25) is 9.59 Å². The van der Waals surface area contributed by atoms with Gasteiger partial charge >= 0.3 is 0 Å². The highest BCUT2D eigenvalue weighted by Crippen LogP contribution is 2.28. The lowest BCUT2D eigenvalue weighted by atomic mass is 9.88. The Balaban J connectivity index is 1.04. The van der Waals surface area contributed by atoms with Crippen LogP contribution in [0.25, 0.3) is 0 Å². The number of carbonyl (C=O) groups is 2. The molecule has 1 atom stereocenters. The maximum Gasteiger partial charge on any atom is 0.253 e. The summed E-state index contributed by atoms with van der Waals surface area (Å²) in [5.74, 6) is 1.27. The Morgan fingerprint density at radius 2 is 1.70 bits per heavy atom. The van der Waals surface area contributed by atoms with Crippen LogP contribution < -0.4 is 31.6 Å². The number of allylic oxidation sites excluding steroid dienone is 1. The fourth-order valence-corrected chi connectivity index (χ4v) is 5.45. The fraction of sp³-hybridized carbons (Fsp3) is 0.375. The van der Waals surface area contributed by atoms with Crippen molar-refractivity contribution >= 4 is 34.9 Å². The van der Waals surface area contributed by atoms with Gasteiger partial charge in [-0.05, 0) is 67.6 Å². The molecular weight excluding hydrogens is 614 g/mol. The first kappa shape index (κ1) is 32.8. The molecule has 2 aliphatic rings. The van der Waals surface area contributed by atoms with E-state index in [9.17, 15) is 14.7 Å². The summed E-state index contributed by atoms with van der Waals surface area (Å²) in [5.41, 5.74) is 12.8. The molecule has 1 amide bonds. The maximum absolute atomic E-state index is 13.2. The molecule has 3 aromatic rings. The zero-order chi connectivity index (χ0) is 32.7. The number of nitrogens with zero attached hydrogens (tertiary/aromatic N) is 3. The number of piperidine rings is 1. The summed E-state index contributed by atoms with van der Waals surface area (Å²) < 4.78 is 11.3. The molecule has 3 heterocycles. The van der Waals surface area contributed by atoms with E-state index in [1.54, 1.807) is 12.1 Å². The van der Waals surface area contributed by atoms with E-state index >= 15 is 0 Å². The van der Waals surface area contributed by atoms with Crippen molar-refractivity contribution in [1.29, 1.82) is 0 Å². The second-order valence-corrected chi connectivity index (χ2v) is 11.7. The Hall–Kier alpha value is -4.59. The minimum absolute atomic E-state index is 0.0362. The van der Waals surface area contributed by atoms with Crippen molar-refractivity contribution in [1.82, 2.24) is 25.5 Å². The molecule has 0 unspecified atom stereocenters. The van der Waals surface area contributed by atoms with Gasteiger partial charge in [0.2, 0.25) is 5.78 Å². The monoisotopic (exact) mass is 651 g/mol. The van der Waals surface area contributed by atoms with Crippen LogP contribution in [0, 0.1) is 0 Å². The van der Waals surface area contributed by atoms with E-state index in [2.05, 4.69) is 20.6 Å². The van der Waals surface area contributed by atoms with Gasteiger partial charge in [-0.25, -0.2) is 9.97 Å². The number of carbonyl (C=O) groups excluding carboxylic acids is 2. The number of nitrogen functional groups attached to an aromatic ring is 2. The summed E-state index contributed by atoms with van der Waals surface area (Å²) >= 11 is 5.91. The predicted molar refractivity (Wildman–Crippen MR) is 173 cm³/mol. The Morgan fingerprint density at radius 1 is 1.02 bits per heavy atom. The number of nitrogens with one attached hydrogen (secondary N) is 2. The highest BCUT2D eigenvalue weighted by Gasteiger charge is 2.40. The summed E-state index contributed by atoms with van der Waals surface area (Å²) in [5, 5.41) is 24.8. The lowest BCUT2D eigenvalue weighted by Crippen LogP contribution is -2.53. The van der Waals surface area contributed by atoms with Crippen LogP contribution in [0.3, 0.4) is 0 Å². The number of halogens is 1. The summed E-state index contributed by atoms with van der Waals surface area (Å²) in [7, 11) is 0. The molecule has 0 bridgehead atoms. The first-order valence-corrected chi connectivity index (χ1v) is 15.4. The van der Waals surface area contributed by atoms with Crippen molar-refractivity contribution in [2.24, 2.45) is 0 Å². The summed E-state index contributed by atoms with van der Waals surface area (Å²) in [6, 6.07) is 14.8. The SMILES string of the molecule is Nc1nc(N)c(C(=O)/C=C2\NCC3(CCN(C(=O)c4ccc(OCCCc5ccc(OC[C@@H](O)CO)cc5)cc4)CC3)N2)nc1Cl. The van der Waals surface area contributed by atoms with Gasteiger partial charge in [0.15, 0.2) is 22.5 Å². The van der Waals surface area contributed by atoms with Crippen LogP contribution in [0.1, 0.15) is 45.7 Å². The molecule has 46 heavy (non-hydrogen) atoms. The molecule has 8 N–H and O–H groups in total. The van der Waals surface area contributed by atoms with Gasteiger partial charge in [0, 0.05) is 31.3 Å². The van der Waals surface area contributed by atoms with Gasteiger partial charge in [0.25, 0.3) is 5.91 Å². The number of benzene rings is 2. The number of aliphatic hydroxyl groups excluding tert-OH is 2. The number of anilines is 2. The topological polar surface area (TPSA) is 198 Å². The molecule has 244 valence electrons. The second-order valence-electron chi connectivity index (χ2n) is 11.4. The fourth-order valence-electron chi connectivity index (χ4n) is 5.33. The van der Waals surface area contributed by atoms with Gasteiger partial charge in [-0.15, -0.1) is 0 Å². The van der Waals surface area contributed by atoms with E-state index in [0.29, 0.717) is 62.0 Å². The Morgan fingerprint density at radius 3 is 2.39 bits per heavy atom. The molecule has 13 nitrogen and oxygen atoms in total. The summed E-state index contributed by atoms with van der Waals surface area (Å²) in [6.07, 6.45) is 3.53. The molecule has 2 aromatic carbocycles. The van der Waals surface area contributed by atoms with Crippen LogP contribution in [0.5, 0.6) is 11.5 Å². The van der Waals surface area contributed by atoms with E-state index in [4.69, 9.17) is 37.6 Å². The van der Waals surface area contributed by atoms with Crippen molar-refractivity contribution in [2.75, 3.05) is 50.9 Å². The van der Waals surface area contributed by atoms with Crippen molar-refractivity contribution in [3.05, 3.63) is 82.4 Å². The minimum atomic E-state index is -0.896. The van der Waals surface area contributed by atoms with E-state index < -0.39 is 11.9 Å². The molecular formula is C32H38ClN7O6. The molecule has 0 aliphatic carbocycles. The lowest BCUT2D eigenvalue weighted by Gasteiger charge is -2.39. The number of hydrogen-bond acceptors (Lipinski definition) is 12. The van der Waals surface area contributed by atoms with Crippen LogP contribution in [0.4, 0.5) is 11.6 Å². The third-order valence-corrected chi connectivity index (χ3v) is 8.27. The Bertz CT molecular complexity index is 1560. The number of ketones is 1. The highest BCUT2D eigenvalue weighted by molar-refractivity contribution is 6.31. The number of likely N-dealkylation sites (tertiary alicyclic amines) is 1. The van der Waals surface area contributed by atoms with Crippen LogP contribution >= 0.6 is 11.6 Å². The van der Waals surface area contributed by atoms with Crippen molar-refractivity contribution in [2.45, 2.75) is 37.3 Å². The zero-order valence-electron chi connectivity index (χ0n) is 25.2. The number of aryl methyl sites for hydroxylation is 1. The quantitative estimate of drug-likeness (QED) is 0.0946. The number of aromatic nitrogens is 2. The summed E-state index contributed by atoms with van der Waals surface area (Å²) in [6.45, 7) is 1.98. The van der Waals surface area contributed by atoms with E-state index in [-0.39, 0.29) is 47.1 Å². The molecule has 2 saturated heterocycles. The number of amides is 1. The number of hydrogen-bond donors (Lipinski definition) is 6. The Labute approximate surface area is 271 Å². The molecule has 5 rings (SSSR count). The standard InChI is InChI=1S/C32H38ClN7O6/c33-28-30(35)38-29(34)27(37-28)25(43)16-26-36-19-32(39-26)11-13-40(14-12-32)31(44)21-5-9-23(10-6-21)45-15-1-2-20-3-7-24(8-4-20)46-18-22(42)17-41/h3-10,16,22,36,39,41-42H,1-2,11-15,17-19H2,(H4,34,35,38)/b26-16+/t22-/m0/s1. The second kappa shape index (κ2) is 14.7. The van der Waals surface area contributed by atoms with Gasteiger partial charge in [-0.2, -0.15) is 0 Å². The normalized spacial score (nSPS) is 16.9. The first-order chi connectivity index (χ1) is 22.1. The van der Waals surface area contributed by atoms with Crippen molar-refractivity contribution < 1.29 is 29.3 Å². The minimum Gasteiger partial charge on any atom is -0.494 e.